The second-order valence-electron chi connectivity index (χ2n) is 4.83. The van der Waals surface area contributed by atoms with Crippen LogP contribution in [-0.4, -0.2) is 30.8 Å². The van der Waals surface area contributed by atoms with Gasteiger partial charge in [-0.15, -0.1) is 0 Å². The van der Waals surface area contributed by atoms with Gasteiger partial charge >= 0.3 is 0 Å². The number of hydrogen-bond acceptors (Lipinski definition) is 3. The molecule has 0 spiro atoms. The first-order chi connectivity index (χ1) is 10.1. The molecule has 0 aliphatic heterocycles. The SMILES string of the molecule is CCCC(CCO)CNC(=O)COc1ccc(F)cc1Br. The van der Waals surface area contributed by atoms with Gasteiger partial charge in [0.25, 0.3) is 5.91 Å². The Kier molecular flexibility index (Phi) is 8.30. The number of rotatable bonds is 9. The molecule has 0 saturated heterocycles. The molecule has 0 aliphatic rings. The fourth-order valence-corrected chi connectivity index (χ4v) is 2.45. The average molecular weight is 362 g/mol. The van der Waals surface area contributed by atoms with Gasteiger partial charge in [0.15, 0.2) is 6.61 Å². The van der Waals surface area contributed by atoms with Gasteiger partial charge in [0.05, 0.1) is 4.47 Å². The molecule has 0 aliphatic carbocycles. The summed E-state index contributed by atoms with van der Waals surface area (Å²) >= 11 is 3.18. The van der Waals surface area contributed by atoms with Crippen LogP contribution in [0.2, 0.25) is 0 Å². The lowest BCUT2D eigenvalue weighted by Gasteiger charge is -2.16. The van der Waals surface area contributed by atoms with Crippen LogP contribution in [-0.2, 0) is 4.79 Å². The molecule has 1 aromatic carbocycles. The highest BCUT2D eigenvalue weighted by atomic mass is 79.9. The first kappa shape index (κ1) is 17.9. The van der Waals surface area contributed by atoms with E-state index in [9.17, 15) is 9.18 Å². The van der Waals surface area contributed by atoms with E-state index in [1.165, 1.54) is 18.2 Å². The minimum Gasteiger partial charge on any atom is -0.483 e. The number of ether oxygens (including phenoxy) is 1. The quantitative estimate of drug-likeness (QED) is 0.710. The summed E-state index contributed by atoms with van der Waals surface area (Å²) in [5, 5.41) is 11.7. The molecule has 2 N–H and O–H groups in total. The van der Waals surface area contributed by atoms with Crippen LogP contribution in [0.5, 0.6) is 5.75 Å². The minimum absolute atomic E-state index is 0.123. The molecule has 1 rings (SSSR count). The first-order valence-corrected chi connectivity index (χ1v) is 7.81. The summed E-state index contributed by atoms with van der Waals surface area (Å²) in [6.45, 7) is 2.60. The van der Waals surface area contributed by atoms with Crippen LogP contribution < -0.4 is 10.1 Å². The topological polar surface area (TPSA) is 58.6 Å². The summed E-state index contributed by atoms with van der Waals surface area (Å²) in [6, 6.07) is 4.03. The Morgan fingerprint density at radius 3 is 2.86 bits per heavy atom. The van der Waals surface area contributed by atoms with E-state index in [0.29, 0.717) is 23.2 Å². The van der Waals surface area contributed by atoms with Gasteiger partial charge in [-0.3, -0.25) is 4.79 Å². The van der Waals surface area contributed by atoms with Crippen molar-refractivity contribution in [1.29, 1.82) is 0 Å². The van der Waals surface area contributed by atoms with Crippen LogP contribution in [0.1, 0.15) is 26.2 Å². The van der Waals surface area contributed by atoms with E-state index in [4.69, 9.17) is 9.84 Å². The van der Waals surface area contributed by atoms with Crippen LogP contribution >= 0.6 is 15.9 Å². The molecule has 21 heavy (non-hydrogen) atoms. The standard InChI is InChI=1S/C15H21BrFNO3/c1-2-3-11(6-7-19)9-18-15(20)10-21-14-5-4-12(17)8-13(14)16/h4-5,8,11,19H,2-3,6-7,9-10H2,1H3,(H,18,20). The van der Waals surface area contributed by atoms with E-state index in [2.05, 4.69) is 28.2 Å². The molecule has 0 radical (unpaired) electrons. The van der Waals surface area contributed by atoms with Gasteiger partial charge in [0.1, 0.15) is 11.6 Å². The molecule has 1 aromatic rings. The van der Waals surface area contributed by atoms with Crippen molar-refractivity contribution < 1.29 is 19.0 Å². The lowest BCUT2D eigenvalue weighted by Crippen LogP contribution is -2.33. The van der Waals surface area contributed by atoms with Gasteiger partial charge in [-0.1, -0.05) is 13.3 Å². The molecule has 0 saturated carbocycles. The van der Waals surface area contributed by atoms with Crippen LogP contribution in [0.4, 0.5) is 4.39 Å². The molecule has 0 aromatic heterocycles. The van der Waals surface area contributed by atoms with Crippen molar-refractivity contribution in [3.63, 3.8) is 0 Å². The van der Waals surface area contributed by atoms with Gasteiger partial charge in [0.2, 0.25) is 0 Å². The van der Waals surface area contributed by atoms with Crippen molar-refractivity contribution in [2.75, 3.05) is 19.8 Å². The fourth-order valence-electron chi connectivity index (χ4n) is 1.98. The Morgan fingerprint density at radius 1 is 1.48 bits per heavy atom. The molecule has 0 heterocycles. The lowest BCUT2D eigenvalue weighted by atomic mass is 10.0. The second kappa shape index (κ2) is 9.73. The smallest absolute Gasteiger partial charge is 0.257 e. The molecular formula is C15H21BrFNO3. The molecule has 0 bridgehead atoms. The predicted octanol–water partition coefficient (Wildman–Crippen LogP) is 2.88. The number of nitrogens with one attached hydrogen (secondary N) is 1. The summed E-state index contributed by atoms with van der Waals surface area (Å²) < 4.78 is 18.7. The molecule has 0 fully saturated rings. The maximum absolute atomic E-state index is 12.9. The Labute approximate surface area is 132 Å². The minimum atomic E-state index is -0.370. The van der Waals surface area contributed by atoms with E-state index >= 15 is 0 Å². The number of halogens is 2. The summed E-state index contributed by atoms with van der Waals surface area (Å²) in [6.07, 6.45) is 2.66. The third kappa shape index (κ3) is 6.91. The van der Waals surface area contributed by atoms with E-state index < -0.39 is 0 Å². The third-order valence-electron chi connectivity index (χ3n) is 3.07. The third-order valence-corrected chi connectivity index (χ3v) is 3.69. The second-order valence-corrected chi connectivity index (χ2v) is 5.69. The monoisotopic (exact) mass is 361 g/mol. The van der Waals surface area contributed by atoms with Crippen molar-refractivity contribution in [2.45, 2.75) is 26.2 Å². The average Bonchev–Trinajstić information content (AvgIpc) is 2.44. The van der Waals surface area contributed by atoms with E-state index in [1.807, 2.05) is 0 Å². The van der Waals surface area contributed by atoms with Crippen LogP contribution in [0.15, 0.2) is 22.7 Å². The zero-order valence-corrected chi connectivity index (χ0v) is 13.7. The number of aliphatic hydroxyl groups is 1. The highest BCUT2D eigenvalue weighted by molar-refractivity contribution is 9.10. The zero-order chi connectivity index (χ0) is 15.7. The number of carbonyl (C=O) groups excluding carboxylic acids is 1. The Balaban J connectivity index is 2.36. The van der Waals surface area contributed by atoms with Crippen LogP contribution in [0, 0.1) is 11.7 Å². The molecule has 1 unspecified atom stereocenters. The molecule has 1 atom stereocenters. The van der Waals surface area contributed by atoms with Crippen molar-refractivity contribution in [1.82, 2.24) is 5.32 Å². The first-order valence-electron chi connectivity index (χ1n) is 7.02. The largest absolute Gasteiger partial charge is 0.483 e. The van der Waals surface area contributed by atoms with Crippen molar-refractivity contribution in [2.24, 2.45) is 5.92 Å². The Bertz CT molecular complexity index is 451. The van der Waals surface area contributed by atoms with Crippen molar-refractivity contribution >= 4 is 21.8 Å². The summed E-state index contributed by atoms with van der Waals surface area (Å²) in [5.41, 5.74) is 0. The number of amides is 1. The highest BCUT2D eigenvalue weighted by Crippen LogP contribution is 2.25. The number of carbonyl (C=O) groups is 1. The Morgan fingerprint density at radius 2 is 2.24 bits per heavy atom. The molecule has 4 nitrogen and oxygen atoms in total. The van der Waals surface area contributed by atoms with Crippen molar-refractivity contribution in [3.8, 4) is 5.75 Å². The van der Waals surface area contributed by atoms with Gasteiger partial charge in [-0.2, -0.15) is 0 Å². The maximum Gasteiger partial charge on any atom is 0.257 e. The van der Waals surface area contributed by atoms with Gasteiger partial charge in [-0.05, 0) is 52.9 Å². The summed E-state index contributed by atoms with van der Waals surface area (Å²) in [7, 11) is 0. The van der Waals surface area contributed by atoms with Gasteiger partial charge in [0, 0.05) is 13.2 Å². The Hall–Kier alpha value is -1.14. The van der Waals surface area contributed by atoms with Gasteiger partial charge in [-0.25, -0.2) is 4.39 Å². The molecule has 118 valence electrons. The summed E-state index contributed by atoms with van der Waals surface area (Å²) in [4.78, 5) is 11.7. The summed E-state index contributed by atoms with van der Waals surface area (Å²) in [5.74, 6) is 0.101. The molecule has 6 heteroatoms. The zero-order valence-electron chi connectivity index (χ0n) is 12.1. The number of benzene rings is 1. The van der Waals surface area contributed by atoms with Crippen LogP contribution in [0.3, 0.4) is 0 Å². The van der Waals surface area contributed by atoms with E-state index in [0.717, 1.165) is 12.8 Å². The maximum atomic E-state index is 12.9. The molecular weight excluding hydrogens is 341 g/mol. The van der Waals surface area contributed by atoms with E-state index in [1.54, 1.807) is 0 Å². The lowest BCUT2D eigenvalue weighted by molar-refractivity contribution is -0.123. The van der Waals surface area contributed by atoms with E-state index in [-0.39, 0.29) is 30.9 Å². The predicted molar refractivity (Wildman–Crippen MR) is 82.7 cm³/mol. The fraction of sp³-hybridized carbons (Fsp3) is 0.533. The molecule has 1 amide bonds. The number of hydrogen-bond donors (Lipinski definition) is 2. The van der Waals surface area contributed by atoms with Crippen molar-refractivity contribution in [3.05, 3.63) is 28.5 Å². The highest BCUT2D eigenvalue weighted by Gasteiger charge is 2.10. The normalized spacial score (nSPS) is 12.0. The number of aliphatic hydroxyl groups excluding tert-OH is 1. The van der Waals surface area contributed by atoms with Gasteiger partial charge < -0.3 is 15.2 Å². The van der Waals surface area contributed by atoms with Crippen LogP contribution in [0.25, 0.3) is 0 Å².